The molecule has 1 heterocycles. The highest BCUT2D eigenvalue weighted by Gasteiger charge is 2.24. The number of piperidine rings is 1. The zero-order valence-electron chi connectivity index (χ0n) is 15.6. The van der Waals surface area contributed by atoms with Gasteiger partial charge in [0, 0.05) is 35.7 Å². The highest BCUT2D eigenvalue weighted by atomic mass is 79.9. The Labute approximate surface area is 167 Å². The molecule has 1 aliphatic heterocycles. The number of halogens is 1. The van der Waals surface area contributed by atoms with Crippen molar-refractivity contribution in [1.29, 1.82) is 0 Å². The smallest absolute Gasteiger partial charge is 0.217 e. The predicted octanol–water partition coefficient (Wildman–Crippen LogP) is 3.01. The largest absolute Gasteiger partial charge is 0.362 e. The molecule has 0 spiro atoms. The molecule has 1 aliphatic rings. The van der Waals surface area contributed by atoms with Crippen LogP contribution in [0, 0.1) is 5.92 Å². The van der Waals surface area contributed by atoms with Gasteiger partial charge < -0.3 is 15.5 Å². The molecule has 1 unspecified atom stereocenters. The lowest BCUT2D eigenvalue weighted by Crippen LogP contribution is -2.34. The molecule has 0 bridgehead atoms. The van der Waals surface area contributed by atoms with Gasteiger partial charge in [0.25, 0.3) is 0 Å². The monoisotopic (exact) mass is 433 g/mol. The molecule has 1 amide bonds. The quantitative estimate of drug-likeness (QED) is 0.646. The van der Waals surface area contributed by atoms with E-state index in [4.69, 9.17) is 0 Å². The van der Waals surface area contributed by atoms with Gasteiger partial charge in [-0.2, -0.15) is 0 Å². The number of anilines is 1. The zero-order chi connectivity index (χ0) is 19.8. The lowest BCUT2D eigenvalue weighted by Gasteiger charge is -2.34. The summed E-state index contributed by atoms with van der Waals surface area (Å²) in [4.78, 5) is 36.3. The van der Waals surface area contributed by atoms with E-state index in [-0.39, 0.29) is 18.1 Å². The summed E-state index contributed by atoms with van der Waals surface area (Å²) in [6, 6.07) is 5.43. The molecule has 0 radical (unpaired) electrons. The van der Waals surface area contributed by atoms with Crippen molar-refractivity contribution in [2.45, 2.75) is 33.1 Å². The normalized spacial score (nSPS) is 16.1. The third-order valence-electron chi connectivity index (χ3n) is 4.67. The maximum atomic E-state index is 11.8. The number of likely N-dealkylation sites (tertiary alicyclic amines) is 1. The molecule has 144 valence electrons. The molecule has 1 atom stereocenters. The van der Waals surface area contributed by atoms with Crippen molar-refractivity contribution >= 4 is 45.1 Å². The van der Waals surface area contributed by atoms with Crippen molar-refractivity contribution in [3.05, 3.63) is 33.9 Å². The van der Waals surface area contributed by atoms with Crippen LogP contribution in [-0.4, -0.2) is 42.3 Å². The molecule has 1 aromatic carbocycles. The molecule has 2 N–H and O–H groups in total. The number of carbonyl (C=O) groups excluding carboxylic acids is 3. The Morgan fingerprint density at radius 3 is 2.74 bits per heavy atom. The molecule has 2 rings (SSSR count). The molecular weight excluding hydrogens is 410 g/mol. The second kappa shape index (κ2) is 10.1. The molecule has 1 saturated heterocycles. The summed E-state index contributed by atoms with van der Waals surface area (Å²) in [5.41, 5.74) is 1.91. The number of hydrogen-bond donors (Lipinski definition) is 2. The Hall–Kier alpha value is -2.33. The minimum absolute atomic E-state index is 0.0378. The van der Waals surface area contributed by atoms with E-state index in [1.54, 1.807) is 6.07 Å². The third-order valence-corrected chi connectivity index (χ3v) is 5.16. The first-order chi connectivity index (χ1) is 13.0. The Morgan fingerprint density at radius 1 is 1.33 bits per heavy atom. The lowest BCUT2D eigenvalue weighted by atomic mass is 9.94. The van der Waals surface area contributed by atoms with E-state index >= 15 is 0 Å². The van der Waals surface area contributed by atoms with Gasteiger partial charge >= 0.3 is 0 Å². The average molecular weight is 434 g/mol. The number of hydrogen-bond acceptors (Lipinski definition) is 5. The van der Waals surface area contributed by atoms with Crippen LogP contribution >= 0.6 is 15.9 Å². The summed E-state index contributed by atoms with van der Waals surface area (Å²) in [6.45, 7) is 5.19. The summed E-state index contributed by atoms with van der Waals surface area (Å²) in [6.07, 6.45) is 3.26. The summed E-state index contributed by atoms with van der Waals surface area (Å²) < 4.78 is 0.818. The second-order valence-electron chi connectivity index (χ2n) is 6.62. The highest BCUT2D eigenvalue weighted by Crippen LogP contribution is 2.32. The molecule has 0 aromatic heterocycles. The first kappa shape index (κ1) is 21.0. The topological polar surface area (TPSA) is 78.5 Å². The minimum atomic E-state index is -0.243. The molecule has 0 saturated carbocycles. The number of nitrogens with one attached hydrogen (secondary N) is 2. The van der Waals surface area contributed by atoms with Crippen LogP contribution in [0.3, 0.4) is 0 Å². The molecule has 1 fully saturated rings. The van der Waals surface area contributed by atoms with Crippen molar-refractivity contribution in [2.24, 2.45) is 5.92 Å². The Balaban J connectivity index is 2.32. The number of nitrogens with zero attached hydrogens (tertiary/aromatic N) is 1. The maximum Gasteiger partial charge on any atom is 0.217 e. The fraction of sp³-hybridized carbons (Fsp3) is 0.450. The molecule has 0 aliphatic carbocycles. The first-order valence-electron chi connectivity index (χ1n) is 9.03. The highest BCUT2D eigenvalue weighted by molar-refractivity contribution is 9.10. The Kier molecular flexibility index (Phi) is 7.86. The van der Waals surface area contributed by atoms with Crippen LogP contribution in [-0.2, 0) is 14.4 Å². The van der Waals surface area contributed by atoms with Gasteiger partial charge in [-0.05, 0) is 37.0 Å². The minimum Gasteiger partial charge on any atom is -0.362 e. The standard InChI is InChI=1S/C20H24BrN3O3/c1-3-15-5-4-8-24(11-15)20(13-26)18-9-16(21)6-7-19(18)23-17(12-25)10-22-14(2)27/h6-7,9,15,23H,3-5,8,10-11H2,1-2H3,(H,22,27). The number of amides is 1. The fourth-order valence-electron chi connectivity index (χ4n) is 3.19. The van der Waals surface area contributed by atoms with Gasteiger partial charge in [-0.15, -0.1) is 0 Å². The molecular formula is C20H24BrN3O3. The van der Waals surface area contributed by atoms with E-state index in [1.165, 1.54) is 6.92 Å². The SMILES string of the molecule is CCC1CCCN(C(=C=O)c2cc(Br)ccc2NC(=C=O)CNC(C)=O)C1. The first-order valence-corrected chi connectivity index (χ1v) is 9.83. The Bertz CT molecular complexity index is 796. The number of rotatable bonds is 7. The van der Waals surface area contributed by atoms with E-state index in [0.29, 0.717) is 22.9 Å². The van der Waals surface area contributed by atoms with Crippen LogP contribution < -0.4 is 10.6 Å². The van der Waals surface area contributed by atoms with Crippen molar-refractivity contribution in [1.82, 2.24) is 10.2 Å². The van der Waals surface area contributed by atoms with Gasteiger partial charge in [-0.1, -0.05) is 29.3 Å². The molecule has 6 nitrogen and oxygen atoms in total. The second-order valence-corrected chi connectivity index (χ2v) is 7.53. The summed E-state index contributed by atoms with van der Waals surface area (Å²) >= 11 is 3.45. The molecule has 1 aromatic rings. The van der Waals surface area contributed by atoms with Crippen molar-refractivity contribution in [3.8, 4) is 0 Å². The van der Waals surface area contributed by atoms with Crippen molar-refractivity contribution in [2.75, 3.05) is 25.0 Å². The fourth-order valence-corrected chi connectivity index (χ4v) is 3.55. The van der Waals surface area contributed by atoms with E-state index in [1.807, 2.05) is 18.1 Å². The van der Waals surface area contributed by atoms with Gasteiger partial charge in [-0.25, -0.2) is 9.59 Å². The van der Waals surface area contributed by atoms with E-state index in [2.05, 4.69) is 44.3 Å². The van der Waals surface area contributed by atoms with Gasteiger partial charge in [0.2, 0.25) is 5.91 Å². The van der Waals surface area contributed by atoms with Crippen LogP contribution in [0.5, 0.6) is 0 Å². The van der Waals surface area contributed by atoms with E-state index in [0.717, 1.165) is 36.8 Å². The summed E-state index contributed by atoms with van der Waals surface area (Å²) in [7, 11) is 0. The van der Waals surface area contributed by atoms with Crippen molar-refractivity contribution in [3.63, 3.8) is 0 Å². The molecule has 7 heteroatoms. The summed E-state index contributed by atoms with van der Waals surface area (Å²) in [5, 5.41) is 5.55. The van der Waals surface area contributed by atoms with Gasteiger partial charge in [0.1, 0.15) is 17.3 Å². The maximum absolute atomic E-state index is 11.8. The van der Waals surface area contributed by atoms with Gasteiger partial charge in [0.15, 0.2) is 5.94 Å². The van der Waals surface area contributed by atoms with E-state index in [9.17, 15) is 14.4 Å². The van der Waals surface area contributed by atoms with Crippen molar-refractivity contribution < 1.29 is 14.4 Å². The van der Waals surface area contributed by atoms with Gasteiger partial charge in [0.05, 0.1) is 6.54 Å². The van der Waals surface area contributed by atoms with E-state index < -0.39 is 0 Å². The molecule has 27 heavy (non-hydrogen) atoms. The number of benzene rings is 1. The van der Waals surface area contributed by atoms with Crippen LogP contribution in [0.15, 0.2) is 28.4 Å². The predicted molar refractivity (Wildman–Crippen MR) is 109 cm³/mol. The van der Waals surface area contributed by atoms with Crippen LogP contribution in [0.4, 0.5) is 5.69 Å². The van der Waals surface area contributed by atoms with Crippen LogP contribution in [0.25, 0.3) is 5.70 Å². The van der Waals surface area contributed by atoms with Crippen LogP contribution in [0.2, 0.25) is 0 Å². The zero-order valence-corrected chi connectivity index (χ0v) is 17.2. The number of carbonyl (C=O) groups is 1. The van der Waals surface area contributed by atoms with Gasteiger partial charge in [-0.3, -0.25) is 4.79 Å². The van der Waals surface area contributed by atoms with Crippen LogP contribution in [0.1, 0.15) is 38.7 Å². The third kappa shape index (κ3) is 5.83. The average Bonchev–Trinajstić information content (AvgIpc) is 2.67. The summed E-state index contributed by atoms with van der Waals surface area (Å²) in [5.74, 6) is 4.21. The lowest BCUT2D eigenvalue weighted by molar-refractivity contribution is -0.118. The Morgan fingerprint density at radius 2 is 2.11 bits per heavy atom.